The van der Waals surface area contributed by atoms with Gasteiger partial charge in [0.25, 0.3) is 10.0 Å². The van der Waals surface area contributed by atoms with Gasteiger partial charge in [0.05, 0.1) is 0 Å². The van der Waals surface area contributed by atoms with E-state index in [9.17, 15) is 8.42 Å². The van der Waals surface area contributed by atoms with Crippen molar-refractivity contribution < 1.29 is 8.42 Å². The summed E-state index contributed by atoms with van der Waals surface area (Å²) in [5, 5.41) is 0.625. The maximum atomic E-state index is 12.1. The van der Waals surface area contributed by atoms with Crippen LogP contribution in [0.4, 0.5) is 0 Å². The van der Waals surface area contributed by atoms with Crippen molar-refractivity contribution >= 4 is 26.0 Å². The number of nitrogens with one attached hydrogen (secondary N) is 1. The zero-order valence-electron chi connectivity index (χ0n) is 10.5. The Morgan fingerprint density at radius 3 is 2.53 bits per heavy atom. The second-order valence-corrected chi connectivity index (χ2v) is 6.58. The molecule has 0 aliphatic rings. The van der Waals surface area contributed by atoms with E-state index in [-0.39, 0.29) is 5.03 Å². The number of rotatable bonds is 5. The predicted molar refractivity (Wildman–Crippen MR) is 70.8 cm³/mol. The number of sulfonamides is 1. The van der Waals surface area contributed by atoms with E-state index in [0.717, 1.165) is 0 Å². The van der Waals surface area contributed by atoms with Gasteiger partial charge < -0.3 is 4.57 Å². The third-order valence-corrected chi connectivity index (χ3v) is 5.56. The molecule has 1 aromatic rings. The van der Waals surface area contributed by atoms with E-state index >= 15 is 0 Å². The van der Waals surface area contributed by atoms with Crippen LogP contribution in [0.2, 0.25) is 0 Å². The second-order valence-electron chi connectivity index (χ2n) is 4.39. The van der Waals surface area contributed by atoms with E-state index in [1.54, 1.807) is 18.5 Å². The summed E-state index contributed by atoms with van der Waals surface area (Å²) >= 11 is 3.32. The zero-order valence-corrected chi connectivity index (χ0v) is 12.9. The molecule has 1 rings (SSSR count). The fourth-order valence-electron chi connectivity index (χ4n) is 1.23. The van der Waals surface area contributed by atoms with E-state index in [1.807, 2.05) is 13.8 Å². The predicted octanol–water partition coefficient (Wildman–Crippen LogP) is 1.57. The monoisotopic (exact) mass is 323 g/mol. The first-order chi connectivity index (χ1) is 7.74. The molecule has 0 aliphatic heterocycles. The molecule has 0 bridgehead atoms. The molecule has 0 fully saturated rings. The van der Waals surface area contributed by atoms with Crippen LogP contribution in [0, 0.1) is 6.92 Å². The lowest BCUT2D eigenvalue weighted by Crippen LogP contribution is -2.46. The Morgan fingerprint density at radius 1 is 1.59 bits per heavy atom. The van der Waals surface area contributed by atoms with Crippen molar-refractivity contribution in [3.63, 3.8) is 0 Å². The standard InChI is InChI=1S/C10H18BrN3O2S/c1-5-10(3,7-11)13-17(15,16)9-6-14(4)8(2)12-9/h6,13H,5,7H2,1-4H3. The van der Waals surface area contributed by atoms with E-state index in [2.05, 4.69) is 25.6 Å². The fraction of sp³-hybridized carbons (Fsp3) is 0.700. The van der Waals surface area contributed by atoms with E-state index < -0.39 is 15.6 Å². The number of nitrogens with zero attached hydrogens (tertiary/aromatic N) is 2. The van der Waals surface area contributed by atoms with Crippen molar-refractivity contribution in [1.82, 2.24) is 14.3 Å². The molecule has 0 aliphatic carbocycles. The van der Waals surface area contributed by atoms with Gasteiger partial charge in [-0.2, -0.15) is 0 Å². The highest BCUT2D eigenvalue weighted by Gasteiger charge is 2.29. The molecule has 1 N–H and O–H groups in total. The van der Waals surface area contributed by atoms with Crippen LogP contribution in [0.15, 0.2) is 11.2 Å². The summed E-state index contributed by atoms with van der Waals surface area (Å²) in [6, 6.07) is 0. The Balaban J connectivity index is 3.04. The van der Waals surface area contributed by atoms with Crippen LogP contribution in [0.25, 0.3) is 0 Å². The van der Waals surface area contributed by atoms with Crippen LogP contribution < -0.4 is 4.72 Å². The van der Waals surface area contributed by atoms with E-state index in [4.69, 9.17) is 0 Å². The first kappa shape index (κ1) is 14.7. The number of hydrogen-bond donors (Lipinski definition) is 1. The smallest absolute Gasteiger partial charge is 0.260 e. The molecule has 0 radical (unpaired) electrons. The second kappa shape index (κ2) is 5.07. The minimum absolute atomic E-state index is 0.0677. The number of aromatic nitrogens is 2. The van der Waals surface area contributed by atoms with Gasteiger partial charge in [-0.1, -0.05) is 22.9 Å². The minimum Gasteiger partial charge on any atom is -0.337 e. The summed E-state index contributed by atoms with van der Waals surface area (Å²) in [5.74, 6) is 0.669. The molecule has 17 heavy (non-hydrogen) atoms. The van der Waals surface area contributed by atoms with Crippen molar-refractivity contribution in [2.24, 2.45) is 7.05 Å². The zero-order chi connectivity index (χ0) is 13.3. The van der Waals surface area contributed by atoms with Gasteiger partial charge in [-0.05, 0) is 20.3 Å². The number of aryl methyl sites for hydroxylation is 2. The average Bonchev–Trinajstić information content (AvgIpc) is 2.59. The molecule has 5 nitrogen and oxygen atoms in total. The molecule has 0 amide bonds. The van der Waals surface area contributed by atoms with Gasteiger partial charge in [-0.3, -0.25) is 0 Å². The largest absolute Gasteiger partial charge is 0.337 e. The van der Waals surface area contributed by atoms with Crippen LogP contribution in [-0.2, 0) is 17.1 Å². The lowest BCUT2D eigenvalue weighted by Gasteiger charge is -2.26. The molecule has 1 heterocycles. The number of halogens is 1. The molecule has 7 heteroatoms. The molecular formula is C10H18BrN3O2S. The first-order valence-corrected chi connectivity index (χ1v) is 7.94. The third-order valence-electron chi connectivity index (χ3n) is 2.82. The van der Waals surface area contributed by atoms with Crippen LogP contribution in [0.3, 0.4) is 0 Å². The molecule has 1 unspecified atom stereocenters. The minimum atomic E-state index is -3.56. The van der Waals surface area contributed by atoms with Gasteiger partial charge in [-0.25, -0.2) is 18.1 Å². The summed E-state index contributed by atoms with van der Waals surface area (Å²) in [4.78, 5) is 4.03. The van der Waals surface area contributed by atoms with Crippen molar-refractivity contribution in [1.29, 1.82) is 0 Å². The third kappa shape index (κ3) is 3.29. The first-order valence-electron chi connectivity index (χ1n) is 5.34. The normalized spacial score (nSPS) is 15.8. The van der Waals surface area contributed by atoms with Crippen molar-refractivity contribution in [3.05, 3.63) is 12.0 Å². The molecule has 1 aromatic heterocycles. The molecule has 0 saturated carbocycles. The topological polar surface area (TPSA) is 64.0 Å². The number of imidazole rings is 1. The molecule has 0 spiro atoms. The summed E-state index contributed by atoms with van der Waals surface area (Å²) in [6.07, 6.45) is 2.21. The van der Waals surface area contributed by atoms with E-state index in [1.165, 1.54) is 6.20 Å². The highest BCUT2D eigenvalue weighted by molar-refractivity contribution is 9.09. The summed E-state index contributed by atoms with van der Waals surface area (Å²) < 4.78 is 28.6. The van der Waals surface area contributed by atoms with Crippen molar-refractivity contribution in [2.45, 2.75) is 37.8 Å². The maximum absolute atomic E-state index is 12.1. The lowest BCUT2D eigenvalue weighted by atomic mass is 10.0. The SMILES string of the molecule is CCC(C)(CBr)NS(=O)(=O)c1cn(C)c(C)n1. The Kier molecular flexibility index (Phi) is 4.38. The quantitative estimate of drug-likeness (QED) is 0.836. The van der Waals surface area contributed by atoms with Crippen LogP contribution in [0.5, 0.6) is 0 Å². The molecule has 0 aromatic carbocycles. The average molecular weight is 324 g/mol. The van der Waals surface area contributed by atoms with E-state index in [0.29, 0.717) is 17.6 Å². The molecule has 98 valence electrons. The number of hydrogen-bond acceptors (Lipinski definition) is 3. The van der Waals surface area contributed by atoms with Gasteiger partial charge in [0.2, 0.25) is 0 Å². The Bertz CT molecular complexity index is 472. The highest BCUT2D eigenvalue weighted by Crippen LogP contribution is 2.17. The fourth-order valence-corrected chi connectivity index (χ4v) is 3.47. The molecule has 1 atom stereocenters. The Morgan fingerprint density at radius 2 is 2.18 bits per heavy atom. The van der Waals surface area contributed by atoms with Crippen LogP contribution in [-0.4, -0.2) is 28.8 Å². The summed E-state index contributed by atoms with van der Waals surface area (Å²) in [5.41, 5.74) is -0.496. The van der Waals surface area contributed by atoms with Gasteiger partial charge in [0, 0.05) is 24.1 Å². The molecule has 0 saturated heterocycles. The summed E-state index contributed by atoms with van der Waals surface area (Å²) in [7, 11) is -1.79. The van der Waals surface area contributed by atoms with Gasteiger partial charge >= 0.3 is 0 Å². The lowest BCUT2D eigenvalue weighted by molar-refractivity contribution is 0.448. The van der Waals surface area contributed by atoms with Gasteiger partial charge in [0.15, 0.2) is 5.03 Å². The van der Waals surface area contributed by atoms with Crippen LogP contribution >= 0.6 is 15.9 Å². The van der Waals surface area contributed by atoms with Crippen LogP contribution in [0.1, 0.15) is 26.1 Å². The van der Waals surface area contributed by atoms with Crippen molar-refractivity contribution in [2.75, 3.05) is 5.33 Å². The Labute approximate surface area is 111 Å². The number of alkyl halides is 1. The highest BCUT2D eigenvalue weighted by atomic mass is 79.9. The van der Waals surface area contributed by atoms with Gasteiger partial charge in [-0.15, -0.1) is 0 Å². The van der Waals surface area contributed by atoms with Crippen molar-refractivity contribution in [3.8, 4) is 0 Å². The maximum Gasteiger partial charge on any atom is 0.260 e. The Hall–Kier alpha value is -0.400. The molecular weight excluding hydrogens is 306 g/mol. The van der Waals surface area contributed by atoms with Gasteiger partial charge in [0.1, 0.15) is 5.82 Å². The summed E-state index contributed by atoms with van der Waals surface area (Å²) in [6.45, 7) is 5.56.